The van der Waals surface area contributed by atoms with Gasteiger partial charge in [0.1, 0.15) is 0 Å². The van der Waals surface area contributed by atoms with Crippen molar-refractivity contribution in [3.63, 3.8) is 0 Å². The van der Waals surface area contributed by atoms with Gasteiger partial charge in [-0.3, -0.25) is 4.68 Å². The van der Waals surface area contributed by atoms with E-state index >= 15 is 0 Å². The molecule has 0 aliphatic rings. The van der Waals surface area contributed by atoms with Crippen LogP contribution in [0.5, 0.6) is 0 Å². The van der Waals surface area contributed by atoms with Crippen molar-refractivity contribution >= 4 is 0 Å². The summed E-state index contributed by atoms with van der Waals surface area (Å²) < 4.78 is 2.09. The minimum atomic E-state index is 0.630. The van der Waals surface area contributed by atoms with E-state index in [1.807, 2.05) is 6.92 Å². The summed E-state index contributed by atoms with van der Waals surface area (Å²) in [7, 11) is 0. The first-order valence-corrected chi connectivity index (χ1v) is 5.88. The number of aryl methyl sites for hydroxylation is 3. The van der Waals surface area contributed by atoms with E-state index in [4.69, 9.17) is 0 Å². The molecule has 0 aliphatic heterocycles. The number of rotatable bonds is 6. The molecule has 0 saturated heterocycles. The predicted octanol–water partition coefficient (Wildman–Crippen LogP) is 2.28. The van der Waals surface area contributed by atoms with Crippen LogP contribution in [-0.4, -0.2) is 22.4 Å². The Morgan fingerprint density at radius 3 is 2.73 bits per heavy atom. The summed E-state index contributed by atoms with van der Waals surface area (Å²) >= 11 is 0. The molecule has 3 heteroatoms. The topological polar surface area (TPSA) is 29.9 Å². The van der Waals surface area contributed by atoms with Crippen molar-refractivity contribution in [1.82, 2.24) is 15.1 Å². The van der Waals surface area contributed by atoms with E-state index in [0.29, 0.717) is 6.04 Å². The normalized spacial score (nSPS) is 13.1. The van der Waals surface area contributed by atoms with Gasteiger partial charge in [-0.25, -0.2) is 0 Å². The lowest BCUT2D eigenvalue weighted by molar-refractivity contribution is 0.484. The zero-order valence-corrected chi connectivity index (χ0v) is 10.4. The highest BCUT2D eigenvalue weighted by Crippen LogP contribution is 2.02. The van der Waals surface area contributed by atoms with Gasteiger partial charge in [0.05, 0.1) is 5.69 Å². The van der Waals surface area contributed by atoms with Crippen molar-refractivity contribution in [2.45, 2.75) is 53.1 Å². The largest absolute Gasteiger partial charge is 0.314 e. The molecule has 86 valence electrons. The SMILES string of the molecule is CCC(C)NCCCn1nc(C)cc1C. The van der Waals surface area contributed by atoms with Crippen LogP contribution in [0, 0.1) is 13.8 Å². The third-order valence-corrected chi connectivity index (χ3v) is 2.76. The van der Waals surface area contributed by atoms with E-state index in [1.165, 1.54) is 12.1 Å². The van der Waals surface area contributed by atoms with Crippen molar-refractivity contribution in [3.8, 4) is 0 Å². The first-order valence-electron chi connectivity index (χ1n) is 5.88. The molecule has 1 aromatic rings. The molecule has 3 nitrogen and oxygen atoms in total. The van der Waals surface area contributed by atoms with Crippen LogP contribution in [0.15, 0.2) is 6.07 Å². The first-order chi connectivity index (χ1) is 7.13. The fourth-order valence-corrected chi connectivity index (χ4v) is 1.62. The van der Waals surface area contributed by atoms with Gasteiger partial charge in [0.25, 0.3) is 0 Å². The minimum absolute atomic E-state index is 0.630. The summed E-state index contributed by atoms with van der Waals surface area (Å²) in [6, 6.07) is 2.76. The predicted molar refractivity (Wildman–Crippen MR) is 64.1 cm³/mol. The lowest BCUT2D eigenvalue weighted by atomic mass is 10.2. The van der Waals surface area contributed by atoms with Crippen molar-refractivity contribution in [3.05, 3.63) is 17.5 Å². The molecule has 1 rings (SSSR count). The van der Waals surface area contributed by atoms with Crippen LogP contribution < -0.4 is 5.32 Å². The number of hydrogen-bond acceptors (Lipinski definition) is 2. The quantitative estimate of drug-likeness (QED) is 0.728. The lowest BCUT2D eigenvalue weighted by Gasteiger charge is -2.11. The van der Waals surface area contributed by atoms with Gasteiger partial charge in [-0.15, -0.1) is 0 Å². The number of nitrogens with zero attached hydrogens (tertiary/aromatic N) is 2. The Labute approximate surface area is 92.9 Å². The molecule has 15 heavy (non-hydrogen) atoms. The Morgan fingerprint density at radius 2 is 2.20 bits per heavy atom. The molecule has 1 aromatic heterocycles. The van der Waals surface area contributed by atoms with Crippen LogP contribution in [0.4, 0.5) is 0 Å². The third-order valence-electron chi connectivity index (χ3n) is 2.76. The van der Waals surface area contributed by atoms with Gasteiger partial charge < -0.3 is 5.32 Å². The standard InChI is InChI=1S/C12H23N3/c1-5-10(2)13-7-6-8-15-12(4)9-11(3)14-15/h9-10,13H,5-8H2,1-4H3. The zero-order chi connectivity index (χ0) is 11.3. The number of nitrogens with one attached hydrogen (secondary N) is 1. The van der Waals surface area contributed by atoms with Crippen molar-refractivity contribution in [2.24, 2.45) is 0 Å². The summed E-state index contributed by atoms with van der Waals surface area (Å²) in [5, 5.41) is 7.92. The van der Waals surface area contributed by atoms with Crippen LogP contribution in [0.2, 0.25) is 0 Å². The second-order valence-corrected chi connectivity index (χ2v) is 4.27. The number of hydrogen-bond donors (Lipinski definition) is 1. The van der Waals surface area contributed by atoms with E-state index in [0.717, 1.165) is 25.2 Å². The fraction of sp³-hybridized carbons (Fsp3) is 0.750. The van der Waals surface area contributed by atoms with Crippen LogP contribution in [0.25, 0.3) is 0 Å². The molecule has 0 bridgehead atoms. The zero-order valence-electron chi connectivity index (χ0n) is 10.4. The third kappa shape index (κ3) is 4.04. The molecular weight excluding hydrogens is 186 g/mol. The maximum absolute atomic E-state index is 4.44. The Balaban J connectivity index is 2.23. The Kier molecular flexibility index (Phi) is 4.82. The Bertz CT molecular complexity index is 291. The summed E-state index contributed by atoms with van der Waals surface area (Å²) in [6.45, 7) is 10.7. The molecule has 0 fully saturated rings. The highest BCUT2D eigenvalue weighted by molar-refractivity contribution is 5.06. The average molecular weight is 209 g/mol. The second kappa shape index (κ2) is 5.91. The molecule has 0 spiro atoms. The summed E-state index contributed by atoms with van der Waals surface area (Å²) in [4.78, 5) is 0. The van der Waals surface area contributed by atoms with E-state index in [2.05, 4.69) is 41.9 Å². The molecule has 1 N–H and O–H groups in total. The van der Waals surface area contributed by atoms with E-state index in [9.17, 15) is 0 Å². The fourth-order valence-electron chi connectivity index (χ4n) is 1.62. The first kappa shape index (κ1) is 12.2. The average Bonchev–Trinajstić information content (AvgIpc) is 2.52. The van der Waals surface area contributed by atoms with E-state index in [-0.39, 0.29) is 0 Å². The van der Waals surface area contributed by atoms with Gasteiger partial charge >= 0.3 is 0 Å². The Hall–Kier alpha value is -0.830. The van der Waals surface area contributed by atoms with Crippen LogP contribution in [0.3, 0.4) is 0 Å². The molecule has 1 atom stereocenters. The van der Waals surface area contributed by atoms with Gasteiger partial charge in [-0.05, 0) is 46.2 Å². The van der Waals surface area contributed by atoms with E-state index in [1.54, 1.807) is 0 Å². The number of aromatic nitrogens is 2. The molecule has 0 amide bonds. The Morgan fingerprint density at radius 1 is 1.47 bits per heavy atom. The maximum Gasteiger partial charge on any atom is 0.0596 e. The van der Waals surface area contributed by atoms with Gasteiger partial charge in [0.2, 0.25) is 0 Å². The van der Waals surface area contributed by atoms with Crippen molar-refractivity contribution in [2.75, 3.05) is 6.54 Å². The van der Waals surface area contributed by atoms with Gasteiger partial charge in [0.15, 0.2) is 0 Å². The van der Waals surface area contributed by atoms with Gasteiger partial charge in [-0.2, -0.15) is 5.10 Å². The summed E-state index contributed by atoms with van der Waals surface area (Å²) in [5.74, 6) is 0. The van der Waals surface area contributed by atoms with Crippen LogP contribution in [-0.2, 0) is 6.54 Å². The van der Waals surface area contributed by atoms with Crippen LogP contribution in [0.1, 0.15) is 38.1 Å². The minimum Gasteiger partial charge on any atom is -0.314 e. The highest BCUT2D eigenvalue weighted by atomic mass is 15.3. The van der Waals surface area contributed by atoms with E-state index < -0.39 is 0 Å². The van der Waals surface area contributed by atoms with Crippen molar-refractivity contribution < 1.29 is 0 Å². The summed E-state index contributed by atoms with van der Waals surface area (Å²) in [5.41, 5.74) is 2.37. The monoisotopic (exact) mass is 209 g/mol. The van der Waals surface area contributed by atoms with Crippen LogP contribution >= 0.6 is 0 Å². The lowest BCUT2D eigenvalue weighted by Crippen LogP contribution is -2.26. The smallest absolute Gasteiger partial charge is 0.0596 e. The molecule has 0 saturated carbocycles. The summed E-state index contributed by atoms with van der Waals surface area (Å²) in [6.07, 6.45) is 2.34. The van der Waals surface area contributed by atoms with Gasteiger partial charge in [0, 0.05) is 18.3 Å². The molecule has 1 unspecified atom stereocenters. The molecular formula is C12H23N3. The molecule has 0 radical (unpaired) electrons. The maximum atomic E-state index is 4.44. The second-order valence-electron chi connectivity index (χ2n) is 4.27. The molecule has 1 heterocycles. The molecule has 0 aliphatic carbocycles. The van der Waals surface area contributed by atoms with Crippen molar-refractivity contribution in [1.29, 1.82) is 0 Å². The molecule has 0 aromatic carbocycles. The highest BCUT2D eigenvalue weighted by Gasteiger charge is 2.00. The van der Waals surface area contributed by atoms with Gasteiger partial charge in [-0.1, -0.05) is 6.92 Å².